The summed E-state index contributed by atoms with van der Waals surface area (Å²) >= 11 is 2.98. The number of hydrogen-bond acceptors (Lipinski definition) is 7. The normalized spacial score (nSPS) is 9.83. The summed E-state index contributed by atoms with van der Waals surface area (Å²) in [5, 5.41) is 36.6. The molecule has 0 atom stereocenters. The molecule has 0 fully saturated rings. The van der Waals surface area contributed by atoms with Crippen molar-refractivity contribution in [1.82, 2.24) is 0 Å². The lowest BCUT2D eigenvalue weighted by atomic mass is 10.1. The minimum Gasteiger partial charge on any atom is -0.457 e. The average molecular weight is 487 g/mol. The fourth-order valence-corrected chi connectivity index (χ4v) is 4.90. The van der Waals surface area contributed by atoms with Crippen molar-refractivity contribution in [2.45, 2.75) is 19.6 Å². The van der Waals surface area contributed by atoms with Gasteiger partial charge in [0.2, 0.25) is 0 Å². The first kappa shape index (κ1) is 23.5. The molecule has 0 aliphatic heterocycles. The van der Waals surface area contributed by atoms with E-state index in [0.717, 1.165) is 19.6 Å². The van der Waals surface area contributed by atoms with Gasteiger partial charge >= 0.3 is 0 Å². The molecule has 0 aliphatic rings. The van der Waals surface area contributed by atoms with Crippen molar-refractivity contribution >= 4 is 23.5 Å². The highest BCUT2D eigenvalue weighted by Crippen LogP contribution is 2.34. The van der Waals surface area contributed by atoms with Crippen molar-refractivity contribution in [3.8, 4) is 35.8 Å². The molecule has 4 aromatic rings. The van der Waals surface area contributed by atoms with Crippen molar-refractivity contribution < 1.29 is 4.74 Å². The first-order chi connectivity index (χ1) is 17.1. The van der Waals surface area contributed by atoms with Crippen molar-refractivity contribution in [3.63, 3.8) is 0 Å². The van der Waals surface area contributed by atoms with Crippen LogP contribution in [0.25, 0.3) is 0 Å². The van der Waals surface area contributed by atoms with Crippen LogP contribution in [0.15, 0.2) is 105 Å². The van der Waals surface area contributed by atoms with Gasteiger partial charge < -0.3 is 4.74 Å². The maximum atomic E-state index is 9.24. The van der Waals surface area contributed by atoms with E-state index in [-0.39, 0.29) is 0 Å². The lowest BCUT2D eigenvalue weighted by Gasteiger charge is -2.09. The standard InChI is InChI=1S/C28H14N4OS2/c29-15-19-4-8-27(12-21(19)17-31)34-25-10-6-23(7-11-25)33-24-2-1-3-26(14-24)35-28-9-5-20(16-30)22(13-28)18-32/h1-14H. The summed E-state index contributed by atoms with van der Waals surface area (Å²) in [6.07, 6.45) is 0. The number of nitriles is 4. The Balaban J connectivity index is 1.44. The molecule has 0 aromatic heterocycles. The number of benzene rings is 4. The molecule has 4 aromatic carbocycles. The molecular formula is C28H14N4OS2. The van der Waals surface area contributed by atoms with Gasteiger partial charge in [-0.2, -0.15) is 21.0 Å². The summed E-state index contributed by atoms with van der Waals surface area (Å²) in [6, 6.07) is 33.8. The summed E-state index contributed by atoms with van der Waals surface area (Å²) in [4.78, 5) is 3.66. The zero-order valence-corrected chi connectivity index (χ0v) is 19.7. The van der Waals surface area contributed by atoms with Gasteiger partial charge in [0.25, 0.3) is 0 Å². The Hall–Kier alpha value is -4.66. The third-order valence-electron chi connectivity index (χ3n) is 4.80. The highest BCUT2D eigenvalue weighted by atomic mass is 32.2. The number of nitrogens with zero attached hydrogens (tertiary/aromatic N) is 4. The van der Waals surface area contributed by atoms with Crippen LogP contribution >= 0.6 is 23.5 Å². The van der Waals surface area contributed by atoms with E-state index in [9.17, 15) is 10.5 Å². The van der Waals surface area contributed by atoms with E-state index in [1.165, 1.54) is 23.5 Å². The van der Waals surface area contributed by atoms with Crippen LogP contribution < -0.4 is 4.74 Å². The Morgan fingerprint density at radius 2 is 0.943 bits per heavy atom. The van der Waals surface area contributed by atoms with Crippen LogP contribution in [-0.2, 0) is 0 Å². The maximum absolute atomic E-state index is 9.24. The SMILES string of the molecule is N#Cc1ccc(Sc2ccc(Oc3cccc(Sc4ccc(C#N)c(C#N)c4)c3)cc2)cc1C#N. The van der Waals surface area contributed by atoms with E-state index in [4.69, 9.17) is 15.3 Å². The van der Waals surface area contributed by atoms with Gasteiger partial charge in [-0.15, -0.1) is 0 Å². The maximum Gasteiger partial charge on any atom is 0.128 e. The third-order valence-corrected chi connectivity index (χ3v) is 6.78. The van der Waals surface area contributed by atoms with Gasteiger partial charge in [0.05, 0.1) is 22.3 Å². The molecule has 0 bridgehead atoms. The molecular weight excluding hydrogens is 472 g/mol. The van der Waals surface area contributed by atoms with E-state index in [1.807, 2.05) is 72.8 Å². The molecule has 0 saturated heterocycles. The quantitative estimate of drug-likeness (QED) is 0.282. The molecule has 0 heterocycles. The van der Waals surface area contributed by atoms with Crippen LogP contribution in [0.2, 0.25) is 0 Å². The minimum absolute atomic E-state index is 0.354. The predicted molar refractivity (Wildman–Crippen MR) is 133 cm³/mol. The molecule has 4 rings (SSSR count). The van der Waals surface area contributed by atoms with Crippen LogP contribution in [-0.4, -0.2) is 0 Å². The lowest BCUT2D eigenvalue weighted by molar-refractivity contribution is 0.481. The Morgan fingerprint density at radius 3 is 1.49 bits per heavy atom. The fourth-order valence-electron chi connectivity index (χ4n) is 3.14. The van der Waals surface area contributed by atoms with E-state index >= 15 is 0 Å². The molecule has 0 aliphatic carbocycles. The van der Waals surface area contributed by atoms with Gasteiger partial charge in [-0.05, 0) is 78.9 Å². The molecule has 0 N–H and O–H groups in total. The van der Waals surface area contributed by atoms with Crippen LogP contribution in [0.3, 0.4) is 0 Å². The summed E-state index contributed by atoms with van der Waals surface area (Å²) < 4.78 is 6.01. The van der Waals surface area contributed by atoms with E-state index < -0.39 is 0 Å². The Labute approximate surface area is 211 Å². The molecule has 0 spiro atoms. The van der Waals surface area contributed by atoms with Gasteiger partial charge in [-0.3, -0.25) is 0 Å². The summed E-state index contributed by atoms with van der Waals surface area (Å²) in [5.41, 5.74) is 1.44. The van der Waals surface area contributed by atoms with Gasteiger partial charge in [-0.25, -0.2) is 0 Å². The van der Waals surface area contributed by atoms with E-state index in [1.54, 1.807) is 24.3 Å². The van der Waals surface area contributed by atoms with Crippen molar-refractivity contribution in [3.05, 3.63) is 107 Å². The van der Waals surface area contributed by atoms with Gasteiger partial charge in [0.15, 0.2) is 0 Å². The second-order valence-electron chi connectivity index (χ2n) is 7.11. The van der Waals surface area contributed by atoms with Gasteiger partial charge in [-0.1, -0.05) is 29.6 Å². The summed E-state index contributed by atoms with van der Waals surface area (Å²) in [5.74, 6) is 1.36. The van der Waals surface area contributed by atoms with E-state index in [2.05, 4.69) is 12.1 Å². The molecule has 0 saturated carbocycles. The highest BCUT2D eigenvalue weighted by Gasteiger charge is 2.07. The zero-order chi connectivity index (χ0) is 24.6. The summed E-state index contributed by atoms with van der Waals surface area (Å²) in [6.45, 7) is 0. The number of rotatable bonds is 6. The Morgan fingerprint density at radius 1 is 0.457 bits per heavy atom. The van der Waals surface area contributed by atoms with Crippen LogP contribution in [0.5, 0.6) is 11.5 Å². The first-order valence-electron chi connectivity index (χ1n) is 10.2. The zero-order valence-electron chi connectivity index (χ0n) is 18.1. The monoisotopic (exact) mass is 486 g/mol. The van der Waals surface area contributed by atoms with E-state index in [0.29, 0.717) is 33.8 Å². The number of ether oxygens (including phenoxy) is 1. The highest BCUT2D eigenvalue weighted by molar-refractivity contribution is 7.99. The van der Waals surface area contributed by atoms with Crippen LogP contribution in [0.4, 0.5) is 0 Å². The van der Waals surface area contributed by atoms with Crippen molar-refractivity contribution in [2.75, 3.05) is 0 Å². The van der Waals surface area contributed by atoms with Gasteiger partial charge in [0, 0.05) is 19.6 Å². The molecule has 5 nitrogen and oxygen atoms in total. The fraction of sp³-hybridized carbons (Fsp3) is 0. The lowest BCUT2D eigenvalue weighted by Crippen LogP contribution is -1.86. The second kappa shape index (κ2) is 11.0. The van der Waals surface area contributed by atoms with Crippen LogP contribution in [0, 0.1) is 45.3 Å². The molecule has 7 heteroatoms. The smallest absolute Gasteiger partial charge is 0.128 e. The topological polar surface area (TPSA) is 104 Å². The Bertz CT molecular complexity index is 1570. The predicted octanol–water partition coefficient (Wildman–Crippen LogP) is 7.27. The first-order valence-corrected chi connectivity index (χ1v) is 11.9. The molecule has 164 valence electrons. The summed E-state index contributed by atoms with van der Waals surface area (Å²) in [7, 11) is 0. The second-order valence-corrected chi connectivity index (χ2v) is 9.41. The van der Waals surface area contributed by atoms with Crippen molar-refractivity contribution in [2.24, 2.45) is 0 Å². The average Bonchev–Trinajstić information content (AvgIpc) is 2.90. The minimum atomic E-state index is 0.354. The van der Waals surface area contributed by atoms with Gasteiger partial charge in [0.1, 0.15) is 35.8 Å². The Kier molecular flexibility index (Phi) is 7.37. The largest absolute Gasteiger partial charge is 0.457 e. The molecule has 0 amide bonds. The van der Waals surface area contributed by atoms with Crippen molar-refractivity contribution in [1.29, 1.82) is 21.0 Å². The molecule has 0 unspecified atom stereocenters. The molecule has 35 heavy (non-hydrogen) atoms. The third kappa shape index (κ3) is 5.83. The van der Waals surface area contributed by atoms with Crippen LogP contribution in [0.1, 0.15) is 22.3 Å². The number of hydrogen-bond donors (Lipinski definition) is 0. The molecule has 0 radical (unpaired) electrons.